The zero-order valence-electron chi connectivity index (χ0n) is 8.93. The highest BCUT2D eigenvalue weighted by Crippen LogP contribution is 2.41. The summed E-state index contributed by atoms with van der Waals surface area (Å²) in [5.41, 5.74) is -2.83. The Morgan fingerprint density at radius 3 is 2.06 bits per heavy atom. The quantitative estimate of drug-likeness (QED) is 0.838. The fourth-order valence-corrected chi connectivity index (χ4v) is 1.32. The van der Waals surface area contributed by atoms with E-state index in [1.165, 1.54) is 0 Å². The SMILES string of the molecule is COc1ccc([C@@H](O)C(F)(F)F)c(C(F)(F)F)c1. The first kappa shape index (κ1) is 14.6. The number of aliphatic hydroxyl groups excluding tert-OH is 1. The molecule has 0 bridgehead atoms. The largest absolute Gasteiger partial charge is 0.497 e. The van der Waals surface area contributed by atoms with Crippen LogP contribution in [0.25, 0.3) is 0 Å². The van der Waals surface area contributed by atoms with Crippen molar-refractivity contribution in [3.05, 3.63) is 29.3 Å². The number of benzene rings is 1. The zero-order chi connectivity index (χ0) is 14.1. The summed E-state index contributed by atoms with van der Waals surface area (Å²) in [7, 11) is 1.08. The van der Waals surface area contributed by atoms with Gasteiger partial charge in [0, 0.05) is 5.56 Å². The molecule has 1 aromatic carbocycles. The van der Waals surface area contributed by atoms with Crippen molar-refractivity contribution in [3.63, 3.8) is 0 Å². The van der Waals surface area contributed by atoms with E-state index in [9.17, 15) is 26.3 Å². The molecule has 0 fully saturated rings. The van der Waals surface area contributed by atoms with Gasteiger partial charge in [-0.25, -0.2) is 0 Å². The lowest BCUT2D eigenvalue weighted by molar-refractivity contribution is -0.209. The van der Waals surface area contributed by atoms with Gasteiger partial charge in [0.2, 0.25) is 0 Å². The highest BCUT2D eigenvalue weighted by Gasteiger charge is 2.44. The van der Waals surface area contributed by atoms with Crippen LogP contribution in [0.2, 0.25) is 0 Å². The minimum Gasteiger partial charge on any atom is -0.497 e. The van der Waals surface area contributed by atoms with Gasteiger partial charge >= 0.3 is 12.4 Å². The first-order valence-electron chi connectivity index (χ1n) is 4.57. The van der Waals surface area contributed by atoms with Gasteiger partial charge in [-0.1, -0.05) is 6.07 Å². The van der Waals surface area contributed by atoms with Gasteiger partial charge in [0.15, 0.2) is 6.10 Å². The van der Waals surface area contributed by atoms with Crippen LogP contribution in [0.3, 0.4) is 0 Å². The molecule has 0 aliphatic rings. The van der Waals surface area contributed by atoms with Crippen LogP contribution in [0, 0.1) is 0 Å². The summed E-state index contributed by atoms with van der Waals surface area (Å²) >= 11 is 0. The Bertz CT molecular complexity index is 423. The maximum Gasteiger partial charge on any atom is 0.418 e. The van der Waals surface area contributed by atoms with E-state index in [2.05, 4.69) is 4.74 Å². The first-order valence-corrected chi connectivity index (χ1v) is 4.57. The molecular formula is C10H8F6O2. The molecule has 0 aliphatic heterocycles. The minimum absolute atomic E-state index is 0.250. The highest BCUT2D eigenvalue weighted by atomic mass is 19.4. The zero-order valence-corrected chi connectivity index (χ0v) is 8.93. The average molecular weight is 274 g/mol. The number of hydrogen-bond donors (Lipinski definition) is 1. The lowest BCUT2D eigenvalue weighted by atomic mass is 10.0. The van der Waals surface area contributed by atoms with Crippen molar-refractivity contribution < 1.29 is 36.2 Å². The standard InChI is InChI=1S/C10H8F6O2/c1-18-5-2-3-6(8(17)10(14,15)16)7(4-5)9(11,12)13/h2-4,8,17H,1H3/t8-/m1/s1. The second-order valence-electron chi connectivity index (χ2n) is 3.40. The molecule has 0 radical (unpaired) electrons. The predicted molar refractivity (Wildman–Crippen MR) is 49.0 cm³/mol. The molecule has 0 saturated carbocycles. The molecular weight excluding hydrogens is 266 g/mol. The Kier molecular flexibility index (Phi) is 3.80. The van der Waals surface area contributed by atoms with Crippen LogP contribution in [-0.2, 0) is 6.18 Å². The van der Waals surface area contributed by atoms with Gasteiger partial charge in [-0.15, -0.1) is 0 Å². The van der Waals surface area contributed by atoms with Crippen LogP contribution in [0.1, 0.15) is 17.2 Å². The molecule has 1 aromatic rings. The Morgan fingerprint density at radius 1 is 1.11 bits per heavy atom. The summed E-state index contributed by atoms with van der Waals surface area (Å²) < 4.78 is 79.0. The van der Waals surface area contributed by atoms with Gasteiger partial charge in [0.05, 0.1) is 12.7 Å². The lowest BCUT2D eigenvalue weighted by Crippen LogP contribution is -2.23. The summed E-state index contributed by atoms with van der Waals surface area (Å²) in [5.74, 6) is -0.250. The molecule has 0 unspecified atom stereocenters. The summed E-state index contributed by atoms with van der Waals surface area (Å²) in [6, 6.07) is 1.86. The molecule has 0 aliphatic carbocycles. The van der Waals surface area contributed by atoms with Crippen LogP contribution in [0.15, 0.2) is 18.2 Å². The van der Waals surface area contributed by atoms with Crippen molar-refractivity contribution in [2.45, 2.75) is 18.5 Å². The van der Waals surface area contributed by atoms with Gasteiger partial charge < -0.3 is 9.84 Å². The second-order valence-corrected chi connectivity index (χ2v) is 3.40. The summed E-state index contributed by atoms with van der Waals surface area (Å²) in [6.07, 6.45) is -13.4. The summed E-state index contributed by atoms with van der Waals surface area (Å²) in [4.78, 5) is 0. The third-order valence-electron chi connectivity index (χ3n) is 2.17. The van der Waals surface area contributed by atoms with E-state index in [0.29, 0.717) is 12.1 Å². The van der Waals surface area contributed by atoms with Crippen LogP contribution in [0.5, 0.6) is 5.75 Å². The maximum atomic E-state index is 12.6. The molecule has 0 spiro atoms. The molecule has 8 heteroatoms. The van der Waals surface area contributed by atoms with Crippen LogP contribution >= 0.6 is 0 Å². The number of hydrogen-bond acceptors (Lipinski definition) is 2. The van der Waals surface area contributed by atoms with Gasteiger partial charge in [0.1, 0.15) is 5.75 Å². The molecule has 1 N–H and O–H groups in total. The van der Waals surface area contributed by atoms with Crippen molar-refractivity contribution in [1.29, 1.82) is 0 Å². The van der Waals surface area contributed by atoms with E-state index in [4.69, 9.17) is 5.11 Å². The van der Waals surface area contributed by atoms with Crippen molar-refractivity contribution in [2.75, 3.05) is 7.11 Å². The lowest BCUT2D eigenvalue weighted by Gasteiger charge is -2.20. The Morgan fingerprint density at radius 2 is 1.67 bits per heavy atom. The van der Waals surface area contributed by atoms with Crippen molar-refractivity contribution in [3.8, 4) is 5.75 Å². The van der Waals surface area contributed by atoms with Gasteiger partial charge in [-0.2, -0.15) is 26.3 Å². The van der Waals surface area contributed by atoms with Crippen molar-refractivity contribution >= 4 is 0 Å². The van der Waals surface area contributed by atoms with Crippen molar-refractivity contribution in [2.24, 2.45) is 0 Å². The second kappa shape index (κ2) is 4.68. The molecule has 0 amide bonds. The first-order chi connectivity index (χ1) is 8.07. The molecule has 0 heterocycles. The molecule has 102 valence electrons. The molecule has 0 aromatic heterocycles. The van der Waals surface area contributed by atoms with Gasteiger partial charge in [-0.05, 0) is 12.1 Å². The Balaban J connectivity index is 3.36. The van der Waals surface area contributed by atoms with Gasteiger partial charge in [0.25, 0.3) is 0 Å². The predicted octanol–water partition coefficient (Wildman–Crippen LogP) is 3.31. The number of rotatable bonds is 2. The van der Waals surface area contributed by atoms with E-state index in [1.807, 2.05) is 0 Å². The average Bonchev–Trinajstić information content (AvgIpc) is 2.24. The Hall–Kier alpha value is -1.44. The number of ether oxygens (including phenoxy) is 1. The molecule has 0 saturated heterocycles. The maximum absolute atomic E-state index is 12.6. The minimum atomic E-state index is -5.17. The fourth-order valence-electron chi connectivity index (χ4n) is 1.32. The fraction of sp³-hybridized carbons (Fsp3) is 0.400. The van der Waals surface area contributed by atoms with E-state index < -0.39 is 29.6 Å². The van der Waals surface area contributed by atoms with E-state index in [1.54, 1.807) is 0 Å². The van der Waals surface area contributed by atoms with Crippen LogP contribution in [-0.4, -0.2) is 18.4 Å². The monoisotopic (exact) mass is 274 g/mol. The normalized spacial score (nSPS) is 14.4. The molecule has 1 atom stereocenters. The molecule has 18 heavy (non-hydrogen) atoms. The van der Waals surface area contributed by atoms with Crippen LogP contribution < -0.4 is 4.74 Å². The topological polar surface area (TPSA) is 29.5 Å². The van der Waals surface area contributed by atoms with E-state index in [-0.39, 0.29) is 5.75 Å². The third-order valence-corrected chi connectivity index (χ3v) is 2.17. The van der Waals surface area contributed by atoms with E-state index >= 15 is 0 Å². The number of alkyl halides is 6. The number of aliphatic hydroxyl groups is 1. The van der Waals surface area contributed by atoms with Crippen molar-refractivity contribution in [1.82, 2.24) is 0 Å². The van der Waals surface area contributed by atoms with Gasteiger partial charge in [-0.3, -0.25) is 0 Å². The van der Waals surface area contributed by atoms with E-state index in [0.717, 1.165) is 13.2 Å². The number of halogens is 6. The smallest absolute Gasteiger partial charge is 0.418 e. The molecule has 1 rings (SSSR count). The summed E-state index contributed by atoms with van der Waals surface area (Å²) in [6.45, 7) is 0. The number of methoxy groups -OCH3 is 1. The highest BCUT2D eigenvalue weighted by molar-refractivity contribution is 5.39. The Labute approximate surface area is 97.8 Å². The summed E-state index contributed by atoms with van der Waals surface area (Å²) in [5, 5.41) is 8.90. The third kappa shape index (κ3) is 3.06. The molecule has 2 nitrogen and oxygen atoms in total. The van der Waals surface area contributed by atoms with Crippen LogP contribution in [0.4, 0.5) is 26.3 Å².